The maximum Gasteiger partial charge on any atom is 0.276 e. The SMILES string of the molecule is Cc1c(CCC(=O)Nc2c(C(=O)N(C)C)nn(C)c2C)cnn1C. The minimum Gasteiger partial charge on any atom is -0.343 e. The van der Waals surface area contributed by atoms with Crippen molar-refractivity contribution in [1.82, 2.24) is 24.5 Å². The third-order valence-corrected chi connectivity index (χ3v) is 4.17. The molecule has 8 nitrogen and oxygen atoms in total. The summed E-state index contributed by atoms with van der Waals surface area (Å²) in [6.45, 7) is 3.79. The fourth-order valence-electron chi connectivity index (χ4n) is 2.36. The zero-order valence-corrected chi connectivity index (χ0v) is 15.0. The summed E-state index contributed by atoms with van der Waals surface area (Å²) in [5.41, 5.74) is 3.56. The lowest BCUT2D eigenvalue weighted by atomic mass is 10.1. The summed E-state index contributed by atoms with van der Waals surface area (Å²) in [6, 6.07) is 0. The second-order valence-electron chi connectivity index (χ2n) is 6.06. The molecule has 1 N–H and O–H groups in total. The quantitative estimate of drug-likeness (QED) is 0.887. The fraction of sp³-hybridized carbons (Fsp3) is 0.500. The van der Waals surface area contributed by atoms with Gasteiger partial charge in [0, 0.05) is 40.3 Å². The number of carbonyl (C=O) groups excluding carboxylic acids is 2. The number of carbonyl (C=O) groups is 2. The molecule has 0 saturated carbocycles. The largest absolute Gasteiger partial charge is 0.343 e. The molecule has 0 unspecified atom stereocenters. The van der Waals surface area contributed by atoms with Crippen molar-refractivity contribution in [3.05, 3.63) is 28.8 Å². The van der Waals surface area contributed by atoms with Crippen molar-refractivity contribution in [1.29, 1.82) is 0 Å². The van der Waals surface area contributed by atoms with Crippen molar-refractivity contribution in [2.45, 2.75) is 26.7 Å². The van der Waals surface area contributed by atoms with Crippen LogP contribution in [0.25, 0.3) is 0 Å². The maximum absolute atomic E-state index is 12.3. The molecule has 130 valence electrons. The number of hydrogen-bond acceptors (Lipinski definition) is 4. The van der Waals surface area contributed by atoms with Gasteiger partial charge in [0.2, 0.25) is 5.91 Å². The summed E-state index contributed by atoms with van der Waals surface area (Å²) in [5, 5.41) is 11.2. The summed E-state index contributed by atoms with van der Waals surface area (Å²) in [7, 11) is 6.93. The Morgan fingerprint density at radius 3 is 2.38 bits per heavy atom. The van der Waals surface area contributed by atoms with Gasteiger partial charge in [-0.25, -0.2) is 0 Å². The Hall–Kier alpha value is -2.64. The van der Waals surface area contributed by atoms with Crippen LogP contribution in [0.1, 0.15) is 33.9 Å². The first-order valence-electron chi connectivity index (χ1n) is 7.75. The Morgan fingerprint density at radius 1 is 1.17 bits per heavy atom. The highest BCUT2D eigenvalue weighted by Gasteiger charge is 2.22. The van der Waals surface area contributed by atoms with E-state index < -0.39 is 0 Å². The van der Waals surface area contributed by atoms with E-state index in [9.17, 15) is 9.59 Å². The second-order valence-corrected chi connectivity index (χ2v) is 6.06. The normalized spacial score (nSPS) is 10.8. The molecule has 2 rings (SSSR count). The van der Waals surface area contributed by atoms with Gasteiger partial charge in [-0.15, -0.1) is 0 Å². The molecule has 0 aliphatic carbocycles. The topological polar surface area (TPSA) is 85.1 Å². The van der Waals surface area contributed by atoms with E-state index >= 15 is 0 Å². The molecular formula is C16H24N6O2. The summed E-state index contributed by atoms with van der Waals surface area (Å²) in [4.78, 5) is 26.0. The molecular weight excluding hydrogens is 308 g/mol. The number of nitrogens with zero attached hydrogens (tertiary/aromatic N) is 5. The Morgan fingerprint density at radius 2 is 1.83 bits per heavy atom. The fourth-order valence-corrected chi connectivity index (χ4v) is 2.36. The number of nitrogens with one attached hydrogen (secondary N) is 1. The number of amides is 2. The van der Waals surface area contributed by atoms with Gasteiger partial charge < -0.3 is 10.2 Å². The highest BCUT2D eigenvalue weighted by atomic mass is 16.2. The Balaban J connectivity index is 2.11. The molecule has 0 radical (unpaired) electrons. The van der Waals surface area contributed by atoms with Crippen molar-refractivity contribution < 1.29 is 9.59 Å². The lowest BCUT2D eigenvalue weighted by Crippen LogP contribution is -2.24. The van der Waals surface area contributed by atoms with E-state index in [2.05, 4.69) is 15.5 Å². The highest BCUT2D eigenvalue weighted by Crippen LogP contribution is 2.21. The Bertz CT molecular complexity index is 772. The maximum atomic E-state index is 12.3. The minimum absolute atomic E-state index is 0.151. The predicted molar refractivity (Wildman–Crippen MR) is 90.9 cm³/mol. The van der Waals surface area contributed by atoms with Gasteiger partial charge in [-0.2, -0.15) is 10.2 Å². The van der Waals surface area contributed by atoms with Crippen LogP contribution in [0.15, 0.2) is 6.20 Å². The third kappa shape index (κ3) is 3.47. The highest BCUT2D eigenvalue weighted by molar-refractivity contribution is 6.02. The van der Waals surface area contributed by atoms with Gasteiger partial charge in [-0.05, 0) is 25.8 Å². The molecule has 0 spiro atoms. The van der Waals surface area contributed by atoms with E-state index in [0.29, 0.717) is 18.5 Å². The molecule has 24 heavy (non-hydrogen) atoms. The van der Waals surface area contributed by atoms with Crippen LogP contribution in [0.4, 0.5) is 5.69 Å². The van der Waals surface area contributed by atoms with E-state index in [0.717, 1.165) is 17.0 Å². The third-order valence-electron chi connectivity index (χ3n) is 4.17. The molecule has 2 aromatic heterocycles. The first-order chi connectivity index (χ1) is 11.2. The smallest absolute Gasteiger partial charge is 0.276 e. The molecule has 0 saturated heterocycles. The first-order valence-corrected chi connectivity index (χ1v) is 7.75. The van der Waals surface area contributed by atoms with Crippen LogP contribution >= 0.6 is 0 Å². The van der Waals surface area contributed by atoms with Gasteiger partial charge in [-0.3, -0.25) is 19.0 Å². The molecule has 0 aromatic carbocycles. The van der Waals surface area contributed by atoms with Crippen molar-refractivity contribution in [2.75, 3.05) is 19.4 Å². The van der Waals surface area contributed by atoms with Crippen molar-refractivity contribution in [3.63, 3.8) is 0 Å². The Labute approximate surface area is 141 Å². The van der Waals surface area contributed by atoms with Crippen LogP contribution in [-0.2, 0) is 25.3 Å². The molecule has 2 aromatic rings. The van der Waals surface area contributed by atoms with Gasteiger partial charge in [-0.1, -0.05) is 0 Å². The van der Waals surface area contributed by atoms with Gasteiger partial charge in [0.05, 0.1) is 17.6 Å². The average Bonchev–Trinajstić information content (AvgIpc) is 2.99. The molecule has 0 fully saturated rings. The van der Waals surface area contributed by atoms with E-state index in [1.165, 1.54) is 4.90 Å². The van der Waals surface area contributed by atoms with Crippen LogP contribution in [-0.4, -0.2) is 50.4 Å². The molecule has 0 atom stereocenters. The number of hydrogen-bond donors (Lipinski definition) is 1. The van der Waals surface area contributed by atoms with E-state index in [4.69, 9.17) is 0 Å². The number of rotatable bonds is 5. The van der Waals surface area contributed by atoms with E-state index in [-0.39, 0.29) is 17.5 Å². The summed E-state index contributed by atoms with van der Waals surface area (Å²) < 4.78 is 3.38. The van der Waals surface area contributed by atoms with E-state index in [1.807, 2.05) is 20.9 Å². The van der Waals surface area contributed by atoms with Crippen LogP contribution in [0, 0.1) is 13.8 Å². The van der Waals surface area contributed by atoms with Gasteiger partial charge >= 0.3 is 0 Å². The van der Waals surface area contributed by atoms with Crippen molar-refractivity contribution >= 4 is 17.5 Å². The standard InChI is InChI=1S/C16H24N6O2/c1-10-12(9-17-21(10)5)7-8-13(23)18-14-11(2)22(6)19-15(14)16(24)20(3)4/h9H,7-8H2,1-6H3,(H,18,23). The molecule has 2 heterocycles. The predicted octanol–water partition coefficient (Wildman–Crippen LogP) is 1.04. The van der Waals surface area contributed by atoms with Crippen molar-refractivity contribution in [3.8, 4) is 0 Å². The first kappa shape index (κ1) is 17.7. The van der Waals surface area contributed by atoms with Crippen LogP contribution in [0.2, 0.25) is 0 Å². The average molecular weight is 332 g/mol. The van der Waals surface area contributed by atoms with E-state index in [1.54, 1.807) is 36.7 Å². The second kappa shape index (κ2) is 6.86. The summed E-state index contributed by atoms with van der Waals surface area (Å²) >= 11 is 0. The number of aryl methyl sites for hydroxylation is 3. The van der Waals surface area contributed by atoms with Crippen LogP contribution in [0.3, 0.4) is 0 Å². The molecule has 0 bridgehead atoms. The number of anilines is 1. The van der Waals surface area contributed by atoms with Crippen molar-refractivity contribution in [2.24, 2.45) is 14.1 Å². The monoisotopic (exact) mass is 332 g/mol. The molecule has 0 aliphatic heterocycles. The van der Waals surface area contributed by atoms with Gasteiger partial charge in [0.15, 0.2) is 5.69 Å². The molecule has 0 aliphatic rings. The van der Waals surface area contributed by atoms with Gasteiger partial charge in [0.1, 0.15) is 0 Å². The number of aromatic nitrogens is 4. The lowest BCUT2D eigenvalue weighted by molar-refractivity contribution is -0.116. The van der Waals surface area contributed by atoms with Gasteiger partial charge in [0.25, 0.3) is 5.91 Å². The molecule has 2 amide bonds. The summed E-state index contributed by atoms with van der Waals surface area (Å²) in [5.74, 6) is -0.390. The summed E-state index contributed by atoms with van der Waals surface area (Å²) in [6.07, 6.45) is 2.69. The zero-order valence-electron chi connectivity index (χ0n) is 15.0. The molecule has 8 heteroatoms. The zero-order chi connectivity index (χ0) is 18.0. The van der Waals surface area contributed by atoms with Crippen LogP contribution < -0.4 is 5.32 Å². The van der Waals surface area contributed by atoms with Crippen LogP contribution in [0.5, 0.6) is 0 Å². The minimum atomic E-state index is -0.239. The lowest BCUT2D eigenvalue weighted by Gasteiger charge is -2.10. The Kier molecular flexibility index (Phi) is 5.06.